The molecule has 0 saturated heterocycles. The number of aryl methyl sites for hydroxylation is 1. The Labute approximate surface area is 177 Å². The summed E-state index contributed by atoms with van der Waals surface area (Å²) in [6.07, 6.45) is 6.10. The summed E-state index contributed by atoms with van der Waals surface area (Å²) in [4.78, 5) is -0.717. The van der Waals surface area contributed by atoms with Crippen molar-refractivity contribution in [1.29, 1.82) is 0 Å². The molecule has 0 spiro atoms. The van der Waals surface area contributed by atoms with E-state index in [0.717, 1.165) is 25.7 Å². The van der Waals surface area contributed by atoms with Crippen molar-refractivity contribution in [1.82, 2.24) is 0 Å². The molecule has 2 rings (SSSR count). The van der Waals surface area contributed by atoms with Gasteiger partial charge in [0.25, 0.3) is 10.1 Å². The van der Waals surface area contributed by atoms with Crippen LogP contribution in [-0.2, 0) is 16.5 Å². The molecule has 2 aromatic rings. The van der Waals surface area contributed by atoms with Crippen molar-refractivity contribution in [2.75, 3.05) is 0 Å². The van der Waals surface area contributed by atoms with E-state index in [9.17, 15) is 18.1 Å². The Balaban J connectivity index is 0.00000338. The summed E-state index contributed by atoms with van der Waals surface area (Å²) in [5.41, 5.74) is 0.708. The molecule has 0 radical (unpaired) electrons. The number of benzene rings is 2. The van der Waals surface area contributed by atoms with Crippen LogP contribution < -0.4 is 39.4 Å². The molecule has 0 atom stereocenters. The zero-order valence-corrected chi connectivity index (χ0v) is 18.1. The molecule has 1 N–H and O–H groups in total. The van der Waals surface area contributed by atoms with Crippen LogP contribution in [0.3, 0.4) is 0 Å². The van der Waals surface area contributed by atoms with E-state index in [4.69, 9.17) is 4.74 Å². The normalized spacial score (nSPS) is 11.0. The molecule has 7 heteroatoms. The van der Waals surface area contributed by atoms with Gasteiger partial charge >= 0.3 is 29.6 Å². The number of unbranched alkanes of at least 4 members (excludes halogenated alkanes) is 4. The largest absolute Gasteiger partial charge is 1.00 e. The first kappa shape index (κ1) is 23.0. The van der Waals surface area contributed by atoms with Gasteiger partial charge in [0.1, 0.15) is 16.4 Å². The van der Waals surface area contributed by atoms with Crippen LogP contribution in [0.1, 0.15) is 44.6 Å². The molecule has 0 aliphatic rings. The molecule has 0 aliphatic heterocycles. The van der Waals surface area contributed by atoms with E-state index in [1.807, 2.05) is 0 Å². The Bertz CT molecular complexity index is 791. The zero-order chi connectivity index (χ0) is 18.3. The number of rotatable bonds is 9. The van der Waals surface area contributed by atoms with Crippen molar-refractivity contribution in [2.45, 2.75) is 50.3 Å². The van der Waals surface area contributed by atoms with Gasteiger partial charge in [-0.25, -0.2) is 0 Å². The third-order valence-electron chi connectivity index (χ3n) is 3.88. The number of para-hydroxylation sites is 1. The predicted octanol–water partition coefficient (Wildman–Crippen LogP) is 1.32. The summed E-state index contributed by atoms with van der Waals surface area (Å²) in [5, 5.41) is 12.2. The van der Waals surface area contributed by atoms with Gasteiger partial charge in [-0.3, -0.25) is 4.55 Å². The van der Waals surface area contributed by atoms with Crippen LogP contribution in [0.2, 0.25) is 0 Å². The summed E-state index contributed by atoms with van der Waals surface area (Å²) in [5.74, 6) is -0.490. The smallest absolute Gasteiger partial charge is 0.871 e. The van der Waals surface area contributed by atoms with Gasteiger partial charge < -0.3 is 9.84 Å². The average Bonchev–Trinajstić information content (AvgIpc) is 2.54. The summed E-state index contributed by atoms with van der Waals surface area (Å²) in [6.45, 7) is 2.14. The SMILES string of the molecule is CCCCCCCc1cc([O-])c(S(=O)(=O)O)c(Oc2ccccc2)c1.[Na+]. The van der Waals surface area contributed by atoms with Crippen LogP contribution in [0.4, 0.5) is 0 Å². The van der Waals surface area contributed by atoms with Gasteiger partial charge in [0.2, 0.25) is 0 Å². The Kier molecular flexibility index (Phi) is 9.68. The van der Waals surface area contributed by atoms with Gasteiger partial charge in [-0.1, -0.05) is 62.6 Å². The number of hydrogen-bond donors (Lipinski definition) is 1. The van der Waals surface area contributed by atoms with Crippen molar-refractivity contribution in [2.24, 2.45) is 0 Å². The molecule has 0 amide bonds. The van der Waals surface area contributed by atoms with Gasteiger partial charge in [-0.15, -0.1) is 0 Å². The van der Waals surface area contributed by atoms with Crippen LogP contribution >= 0.6 is 0 Å². The first-order chi connectivity index (χ1) is 11.9. The number of hydrogen-bond acceptors (Lipinski definition) is 4. The predicted molar refractivity (Wildman–Crippen MR) is 94.7 cm³/mol. The third kappa shape index (κ3) is 6.93. The minimum absolute atomic E-state index is 0. The first-order valence-electron chi connectivity index (χ1n) is 8.46. The van der Waals surface area contributed by atoms with E-state index >= 15 is 0 Å². The topological polar surface area (TPSA) is 86.7 Å². The second-order valence-corrected chi connectivity index (χ2v) is 7.33. The minimum Gasteiger partial charge on any atom is -0.871 e. The molecule has 0 bridgehead atoms. The van der Waals surface area contributed by atoms with E-state index < -0.39 is 20.8 Å². The van der Waals surface area contributed by atoms with Crippen molar-refractivity contribution in [3.63, 3.8) is 0 Å². The summed E-state index contributed by atoms with van der Waals surface area (Å²) in [6, 6.07) is 11.3. The fourth-order valence-electron chi connectivity index (χ4n) is 2.65. The van der Waals surface area contributed by atoms with Gasteiger partial charge in [0.05, 0.1) is 0 Å². The van der Waals surface area contributed by atoms with Crippen molar-refractivity contribution in [3.8, 4) is 17.2 Å². The second kappa shape index (κ2) is 10.9. The minimum atomic E-state index is -4.67. The molecule has 2 aromatic carbocycles. The third-order valence-corrected chi connectivity index (χ3v) is 4.80. The van der Waals surface area contributed by atoms with Crippen LogP contribution in [0.25, 0.3) is 0 Å². The van der Waals surface area contributed by atoms with E-state index in [1.54, 1.807) is 30.3 Å². The van der Waals surface area contributed by atoms with Crippen molar-refractivity contribution < 1.29 is 52.4 Å². The van der Waals surface area contributed by atoms with Crippen LogP contribution in [0.15, 0.2) is 47.4 Å². The van der Waals surface area contributed by atoms with Crippen molar-refractivity contribution >= 4 is 10.1 Å². The fraction of sp³-hybridized carbons (Fsp3) is 0.368. The number of ether oxygens (including phenoxy) is 1. The Hall–Kier alpha value is -1.05. The maximum Gasteiger partial charge on any atom is 1.00 e. The Morgan fingerprint density at radius 2 is 1.69 bits per heavy atom. The molecule has 0 heterocycles. The van der Waals surface area contributed by atoms with Crippen LogP contribution in [0.5, 0.6) is 17.2 Å². The molecule has 0 saturated carbocycles. The molecule has 0 aliphatic carbocycles. The van der Waals surface area contributed by atoms with Gasteiger partial charge in [0.15, 0.2) is 0 Å². The standard InChI is InChI=1S/C19H24O5S.Na/c1-2-3-4-5-7-10-15-13-17(20)19(25(21,22)23)18(14-15)24-16-11-8-6-9-12-16;/h6,8-9,11-14,20H,2-5,7,10H2,1H3,(H,21,22,23);/q;+1/p-1. The zero-order valence-electron chi connectivity index (χ0n) is 15.3. The fourth-order valence-corrected chi connectivity index (χ4v) is 3.32. The average molecular weight is 386 g/mol. The Morgan fingerprint density at radius 1 is 1.04 bits per heavy atom. The van der Waals surface area contributed by atoms with Crippen LogP contribution in [0, 0.1) is 0 Å². The van der Waals surface area contributed by atoms with Crippen LogP contribution in [-0.4, -0.2) is 13.0 Å². The molecule has 136 valence electrons. The summed E-state index contributed by atoms with van der Waals surface area (Å²) in [7, 11) is -4.67. The van der Waals surface area contributed by atoms with Crippen molar-refractivity contribution in [3.05, 3.63) is 48.0 Å². The van der Waals surface area contributed by atoms with E-state index in [0.29, 0.717) is 17.7 Å². The maximum absolute atomic E-state index is 12.2. The van der Waals surface area contributed by atoms with Gasteiger partial charge in [0, 0.05) is 0 Å². The second-order valence-electron chi connectivity index (χ2n) is 5.98. The molecule has 0 fully saturated rings. The molecular formula is C19H23NaO5S. The monoisotopic (exact) mass is 386 g/mol. The first-order valence-corrected chi connectivity index (χ1v) is 9.90. The van der Waals surface area contributed by atoms with Gasteiger partial charge in [-0.2, -0.15) is 8.42 Å². The Morgan fingerprint density at radius 3 is 2.31 bits per heavy atom. The molecule has 0 unspecified atom stereocenters. The maximum atomic E-state index is 12.2. The molecular weight excluding hydrogens is 363 g/mol. The van der Waals surface area contributed by atoms with E-state index in [1.165, 1.54) is 18.6 Å². The molecule has 5 nitrogen and oxygen atoms in total. The molecule has 0 aromatic heterocycles. The summed E-state index contributed by atoms with van der Waals surface area (Å²) >= 11 is 0. The van der Waals surface area contributed by atoms with E-state index in [2.05, 4.69) is 6.92 Å². The quantitative estimate of drug-likeness (QED) is 0.399. The van der Waals surface area contributed by atoms with E-state index in [-0.39, 0.29) is 35.3 Å². The molecule has 26 heavy (non-hydrogen) atoms. The summed E-state index contributed by atoms with van der Waals surface area (Å²) < 4.78 is 38.1. The van der Waals surface area contributed by atoms with Gasteiger partial charge in [-0.05, 0) is 36.6 Å².